The lowest BCUT2D eigenvalue weighted by Gasteiger charge is -1.95. The van der Waals surface area contributed by atoms with Crippen LogP contribution in [0.15, 0.2) is 10.5 Å². The van der Waals surface area contributed by atoms with Crippen LogP contribution in [-0.4, -0.2) is 16.1 Å². The van der Waals surface area contributed by atoms with Crippen molar-refractivity contribution in [3.8, 4) is 9.75 Å². The molecule has 0 amide bonds. The number of nitrogens with zero attached hydrogens (tertiary/aromatic N) is 1. The molecule has 0 spiro atoms. The van der Waals surface area contributed by atoms with Crippen LogP contribution in [0.3, 0.4) is 0 Å². The van der Waals surface area contributed by atoms with E-state index in [1.807, 2.05) is 26.8 Å². The van der Waals surface area contributed by atoms with Gasteiger partial charge in [-0.3, -0.25) is 0 Å². The molecule has 0 unspecified atom stereocenters. The van der Waals surface area contributed by atoms with Gasteiger partial charge >= 0.3 is 5.97 Å². The molecule has 0 saturated carbocycles. The Bertz CT molecular complexity index is 582. The highest BCUT2D eigenvalue weighted by Crippen LogP contribution is 2.40. The smallest absolute Gasteiger partial charge is 0.356 e. The molecule has 2 aromatic heterocycles. The summed E-state index contributed by atoms with van der Waals surface area (Å²) < 4.78 is 1.01. The maximum Gasteiger partial charge on any atom is 0.356 e. The third kappa shape index (κ3) is 2.50. The van der Waals surface area contributed by atoms with E-state index in [1.54, 1.807) is 11.3 Å². The summed E-state index contributed by atoms with van der Waals surface area (Å²) in [5.41, 5.74) is 0.164. The number of aryl methyl sites for hydroxylation is 1. The van der Waals surface area contributed by atoms with E-state index < -0.39 is 5.97 Å². The maximum absolute atomic E-state index is 11.3. The van der Waals surface area contributed by atoms with Crippen molar-refractivity contribution in [2.45, 2.75) is 26.7 Å². The second-order valence-electron chi connectivity index (χ2n) is 4.20. The third-order valence-electron chi connectivity index (χ3n) is 2.42. The van der Waals surface area contributed by atoms with Gasteiger partial charge in [0, 0.05) is 20.1 Å². The summed E-state index contributed by atoms with van der Waals surface area (Å²) in [4.78, 5) is 18.3. The zero-order valence-electron chi connectivity index (χ0n) is 10.2. The Balaban J connectivity index is 2.58. The molecule has 18 heavy (non-hydrogen) atoms. The first kappa shape index (κ1) is 13.7. The highest BCUT2D eigenvalue weighted by molar-refractivity contribution is 9.10. The largest absolute Gasteiger partial charge is 0.476 e. The van der Waals surface area contributed by atoms with Crippen molar-refractivity contribution in [1.29, 1.82) is 0 Å². The SMILES string of the molecule is Cc1sc(-c2sc(C(C)C)nc2C(=O)O)cc1Br. The number of hydrogen-bond acceptors (Lipinski definition) is 4. The molecule has 0 aliphatic heterocycles. The second kappa shape index (κ2) is 5.11. The van der Waals surface area contributed by atoms with Crippen molar-refractivity contribution in [2.75, 3.05) is 0 Å². The van der Waals surface area contributed by atoms with E-state index in [9.17, 15) is 9.90 Å². The summed E-state index contributed by atoms with van der Waals surface area (Å²) in [7, 11) is 0. The highest BCUT2D eigenvalue weighted by Gasteiger charge is 2.21. The minimum Gasteiger partial charge on any atom is -0.476 e. The summed E-state index contributed by atoms with van der Waals surface area (Å²) in [5.74, 6) is -0.721. The zero-order chi connectivity index (χ0) is 13.4. The van der Waals surface area contributed by atoms with E-state index >= 15 is 0 Å². The van der Waals surface area contributed by atoms with Gasteiger partial charge in [-0.25, -0.2) is 9.78 Å². The Hall–Kier alpha value is -0.720. The first-order chi connectivity index (χ1) is 8.40. The van der Waals surface area contributed by atoms with Crippen molar-refractivity contribution in [1.82, 2.24) is 4.98 Å². The average molecular weight is 346 g/mol. The molecule has 0 saturated heterocycles. The number of halogens is 1. The Morgan fingerprint density at radius 2 is 2.11 bits per heavy atom. The number of aromatic nitrogens is 1. The quantitative estimate of drug-likeness (QED) is 0.871. The van der Waals surface area contributed by atoms with Gasteiger partial charge in [-0.15, -0.1) is 22.7 Å². The summed E-state index contributed by atoms with van der Waals surface area (Å²) in [6.07, 6.45) is 0. The molecule has 0 bridgehead atoms. The molecule has 0 aliphatic carbocycles. The third-order valence-corrected chi connectivity index (χ3v) is 6.09. The van der Waals surface area contributed by atoms with Crippen molar-refractivity contribution >= 4 is 44.6 Å². The number of thiophene rings is 1. The lowest BCUT2D eigenvalue weighted by molar-refractivity contribution is 0.0692. The molecule has 0 atom stereocenters. The van der Waals surface area contributed by atoms with Crippen LogP contribution in [0.1, 0.15) is 40.1 Å². The number of carbonyl (C=O) groups is 1. The first-order valence-electron chi connectivity index (χ1n) is 5.40. The number of carboxylic acid groups (broad SMARTS) is 1. The Kier molecular flexibility index (Phi) is 3.89. The normalized spacial score (nSPS) is 11.2. The van der Waals surface area contributed by atoms with Gasteiger partial charge in [0.05, 0.1) is 9.88 Å². The van der Waals surface area contributed by atoms with E-state index in [1.165, 1.54) is 11.3 Å². The molecule has 0 aromatic carbocycles. The fourth-order valence-electron chi connectivity index (χ4n) is 1.47. The molecule has 0 aliphatic rings. The number of carboxylic acids is 1. The topological polar surface area (TPSA) is 50.2 Å². The first-order valence-corrected chi connectivity index (χ1v) is 7.83. The Labute approximate surface area is 122 Å². The van der Waals surface area contributed by atoms with Crippen molar-refractivity contribution in [3.05, 3.63) is 26.1 Å². The van der Waals surface area contributed by atoms with Gasteiger partial charge in [0.15, 0.2) is 5.69 Å². The summed E-state index contributed by atoms with van der Waals surface area (Å²) in [6, 6.07) is 1.96. The summed E-state index contributed by atoms with van der Waals surface area (Å²) in [6.45, 7) is 6.04. The molecule has 1 N–H and O–H groups in total. The van der Waals surface area contributed by atoms with Gasteiger partial charge in [0.1, 0.15) is 0 Å². The number of aromatic carboxylic acids is 1. The van der Waals surface area contributed by atoms with E-state index in [4.69, 9.17) is 0 Å². The molecule has 0 fully saturated rings. The molecular weight excluding hydrogens is 334 g/mol. The second-order valence-corrected chi connectivity index (χ2v) is 7.35. The molecule has 2 heterocycles. The van der Waals surface area contributed by atoms with Crippen LogP contribution in [0.2, 0.25) is 0 Å². The van der Waals surface area contributed by atoms with Gasteiger partial charge in [-0.2, -0.15) is 0 Å². The highest BCUT2D eigenvalue weighted by atomic mass is 79.9. The predicted molar refractivity (Wildman–Crippen MR) is 78.9 cm³/mol. The Morgan fingerprint density at radius 1 is 1.44 bits per heavy atom. The van der Waals surface area contributed by atoms with Crippen molar-refractivity contribution in [2.24, 2.45) is 0 Å². The van der Waals surface area contributed by atoms with Gasteiger partial charge in [-0.05, 0) is 28.9 Å². The molecule has 3 nitrogen and oxygen atoms in total. The number of rotatable bonds is 3. The van der Waals surface area contributed by atoms with E-state index in [2.05, 4.69) is 20.9 Å². The monoisotopic (exact) mass is 345 g/mol. The lowest BCUT2D eigenvalue weighted by Crippen LogP contribution is -1.99. The molecule has 6 heteroatoms. The van der Waals surface area contributed by atoms with Gasteiger partial charge in [0.2, 0.25) is 0 Å². The van der Waals surface area contributed by atoms with Crippen LogP contribution in [-0.2, 0) is 0 Å². The molecule has 2 aromatic rings. The molecule has 96 valence electrons. The van der Waals surface area contributed by atoms with Crippen molar-refractivity contribution in [3.63, 3.8) is 0 Å². The van der Waals surface area contributed by atoms with Crippen LogP contribution in [0.4, 0.5) is 0 Å². The van der Waals surface area contributed by atoms with Crippen LogP contribution in [0.5, 0.6) is 0 Å². The van der Waals surface area contributed by atoms with Crippen LogP contribution < -0.4 is 0 Å². The zero-order valence-corrected chi connectivity index (χ0v) is 13.4. The van der Waals surface area contributed by atoms with E-state index in [0.29, 0.717) is 0 Å². The van der Waals surface area contributed by atoms with Gasteiger partial charge in [0.25, 0.3) is 0 Å². The fraction of sp³-hybridized carbons (Fsp3) is 0.333. The van der Waals surface area contributed by atoms with Crippen LogP contribution in [0, 0.1) is 6.92 Å². The maximum atomic E-state index is 11.3. The van der Waals surface area contributed by atoms with Crippen molar-refractivity contribution < 1.29 is 9.90 Å². The van der Waals surface area contributed by atoms with Crippen LogP contribution >= 0.6 is 38.6 Å². The van der Waals surface area contributed by atoms with Gasteiger partial charge < -0.3 is 5.11 Å². The number of thiazole rings is 1. The summed E-state index contributed by atoms with van der Waals surface area (Å²) in [5, 5.41) is 10.1. The number of hydrogen-bond donors (Lipinski definition) is 1. The molecule has 0 radical (unpaired) electrons. The predicted octanol–water partition coefficient (Wildman–Crippen LogP) is 4.76. The van der Waals surface area contributed by atoms with Gasteiger partial charge in [-0.1, -0.05) is 13.8 Å². The average Bonchev–Trinajstić information content (AvgIpc) is 2.83. The standard InChI is InChI=1S/C12H12BrNO2S2/c1-5(2)11-14-9(12(15)16)10(18-11)8-4-7(13)6(3)17-8/h4-5H,1-3H3,(H,15,16). The summed E-state index contributed by atoms with van der Waals surface area (Å²) >= 11 is 6.51. The minimum atomic E-state index is -0.963. The van der Waals surface area contributed by atoms with Crippen LogP contribution in [0.25, 0.3) is 9.75 Å². The Morgan fingerprint density at radius 3 is 2.56 bits per heavy atom. The lowest BCUT2D eigenvalue weighted by atomic mass is 10.2. The molecule has 2 rings (SSSR count). The van der Waals surface area contributed by atoms with E-state index in [-0.39, 0.29) is 11.6 Å². The fourth-order valence-corrected chi connectivity index (χ4v) is 4.16. The van der Waals surface area contributed by atoms with E-state index in [0.717, 1.165) is 24.1 Å². The molecular formula is C12H12BrNO2S2. The minimum absolute atomic E-state index is 0.164.